The summed E-state index contributed by atoms with van der Waals surface area (Å²) >= 11 is 0. The van der Waals surface area contributed by atoms with Crippen molar-refractivity contribution in [1.82, 2.24) is 4.31 Å². The lowest BCUT2D eigenvalue weighted by atomic mass is 9.85. The number of nitrogens with zero attached hydrogens (tertiary/aromatic N) is 2. The number of hydrogen-bond acceptors (Lipinski definition) is 4. The third-order valence-electron chi connectivity index (χ3n) is 5.50. The van der Waals surface area contributed by atoms with Crippen molar-refractivity contribution in [2.45, 2.75) is 63.8 Å². The van der Waals surface area contributed by atoms with E-state index in [1.165, 1.54) is 0 Å². The van der Waals surface area contributed by atoms with Crippen molar-refractivity contribution in [1.29, 1.82) is 0 Å². The van der Waals surface area contributed by atoms with Crippen LogP contribution in [0.1, 0.15) is 32.8 Å². The first-order valence-electron chi connectivity index (χ1n) is 10.2. The lowest BCUT2D eigenvalue weighted by Crippen LogP contribution is -2.53. The minimum Gasteiger partial charge on any atom is -0.458 e. The molecule has 0 spiro atoms. The fraction of sp³-hybridized carbons (Fsp3) is 0.571. The Kier molecular flexibility index (Phi) is 7.49. The van der Waals surface area contributed by atoms with Crippen LogP contribution < -0.4 is 0 Å². The van der Waals surface area contributed by atoms with Crippen LogP contribution in [0.2, 0.25) is 31.7 Å². The molecular weight excluding hydrogens is 416 g/mol. The molecule has 0 radical (unpaired) electrons. The van der Waals surface area contributed by atoms with Gasteiger partial charge in [0, 0.05) is 18.7 Å². The maximum Gasteiger partial charge on any atom is 0.245 e. The van der Waals surface area contributed by atoms with E-state index < -0.39 is 27.4 Å². The number of piperidine rings is 1. The molecule has 0 saturated carbocycles. The summed E-state index contributed by atoms with van der Waals surface area (Å²) in [6, 6.07) is 5.28. The monoisotopic (exact) mass is 452 g/mol. The predicted octanol–water partition coefficient (Wildman–Crippen LogP) is 5.05. The van der Waals surface area contributed by atoms with Gasteiger partial charge in [-0.15, -0.1) is 0 Å². The van der Waals surface area contributed by atoms with Gasteiger partial charge in [-0.05, 0) is 63.3 Å². The van der Waals surface area contributed by atoms with Crippen LogP contribution >= 0.6 is 0 Å². The van der Waals surface area contributed by atoms with Crippen LogP contribution in [0.15, 0.2) is 34.2 Å². The number of allylic oxidation sites excluding steroid dienone is 1. The summed E-state index contributed by atoms with van der Waals surface area (Å²) in [5.74, 6) is 0. The zero-order valence-corrected chi connectivity index (χ0v) is 21.9. The molecule has 1 aliphatic heterocycles. The average Bonchev–Trinajstić information content (AvgIpc) is 2.59. The van der Waals surface area contributed by atoms with Crippen molar-refractivity contribution in [3.8, 4) is 0 Å². The van der Waals surface area contributed by atoms with Crippen LogP contribution in [-0.4, -0.2) is 49.9 Å². The van der Waals surface area contributed by atoms with Crippen LogP contribution in [0.5, 0.6) is 0 Å². The van der Waals surface area contributed by atoms with Gasteiger partial charge in [0.15, 0.2) is 17.4 Å². The van der Waals surface area contributed by atoms with E-state index in [4.69, 9.17) is 4.12 Å². The van der Waals surface area contributed by atoms with Gasteiger partial charge in [-0.1, -0.05) is 38.1 Å². The summed E-state index contributed by atoms with van der Waals surface area (Å²) < 4.78 is 35.5. The van der Waals surface area contributed by atoms with E-state index in [-0.39, 0.29) is 15.9 Å². The fourth-order valence-electron chi connectivity index (χ4n) is 4.31. The summed E-state index contributed by atoms with van der Waals surface area (Å²) in [6.07, 6.45) is 4.73. The van der Waals surface area contributed by atoms with E-state index in [0.717, 1.165) is 12.0 Å². The Morgan fingerprint density at radius 2 is 2.00 bits per heavy atom. The predicted molar refractivity (Wildman–Crippen MR) is 129 cm³/mol. The van der Waals surface area contributed by atoms with E-state index in [1.807, 2.05) is 25.1 Å². The molecule has 1 atom stereocenters. The van der Waals surface area contributed by atoms with E-state index in [2.05, 4.69) is 51.7 Å². The molecule has 1 saturated heterocycles. The number of rotatable bonds is 7. The van der Waals surface area contributed by atoms with Crippen molar-refractivity contribution in [3.05, 3.63) is 29.8 Å². The van der Waals surface area contributed by atoms with Crippen molar-refractivity contribution in [2.24, 2.45) is 10.4 Å². The first-order chi connectivity index (χ1) is 13.3. The number of aliphatic imine (C=N–C) groups is 1. The lowest BCUT2D eigenvalue weighted by Gasteiger charge is -2.47. The summed E-state index contributed by atoms with van der Waals surface area (Å²) in [6.45, 7) is 19.7. The molecule has 162 valence electrons. The Hall–Kier alpha value is -1.07. The summed E-state index contributed by atoms with van der Waals surface area (Å²) in [5.41, 5.74) is 1.34. The third-order valence-corrected chi connectivity index (χ3v) is 14.0. The van der Waals surface area contributed by atoms with Crippen LogP contribution in [0, 0.1) is 5.41 Å². The Labute approximate surface area is 179 Å². The van der Waals surface area contributed by atoms with E-state index in [9.17, 15) is 8.42 Å². The Morgan fingerprint density at radius 3 is 2.55 bits per heavy atom. The first kappa shape index (κ1) is 24.2. The van der Waals surface area contributed by atoms with Gasteiger partial charge in [0.25, 0.3) is 0 Å². The van der Waals surface area contributed by atoms with Crippen molar-refractivity contribution in [2.75, 3.05) is 13.1 Å². The highest BCUT2D eigenvalue weighted by Crippen LogP contribution is 2.44. The summed E-state index contributed by atoms with van der Waals surface area (Å²) in [4.78, 5) is 4.31. The molecule has 0 amide bonds. The largest absolute Gasteiger partial charge is 0.458 e. The smallest absolute Gasteiger partial charge is 0.245 e. The molecule has 29 heavy (non-hydrogen) atoms. The molecule has 1 heterocycles. The highest BCUT2D eigenvalue weighted by molar-refractivity contribution is 7.89. The zero-order valence-electron chi connectivity index (χ0n) is 18.9. The van der Waals surface area contributed by atoms with Crippen LogP contribution in [0.4, 0.5) is 5.69 Å². The van der Waals surface area contributed by atoms with Gasteiger partial charge in [0.1, 0.15) is 4.90 Å². The Morgan fingerprint density at radius 1 is 1.34 bits per heavy atom. The van der Waals surface area contributed by atoms with Crippen molar-refractivity contribution < 1.29 is 12.5 Å². The first-order valence-corrected chi connectivity index (χ1v) is 17.4. The molecule has 8 heteroatoms. The average molecular weight is 453 g/mol. The van der Waals surface area contributed by atoms with E-state index in [1.54, 1.807) is 16.4 Å². The summed E-state index contributed by atoms with van der Waals surface area (Å²) in [5, 5.41) is 0. The minimum atomic E-state index is -3.69. The zero-order chi connectivity index (χ0) is 22.0. The van der Waals surface area contributed by atoms with E-state index in [0.29, 0.717) is 18.8 Å². The second-order valence-electron chi connectivity index (χ2n) is 9.48. The highest BCUT2D eigenvalue weighted by atomic mass is 32.2. The fourth-order valence-corrected chi connectivity index (χ4v) is 13.6. The molecule has 0 aromatic heterocycles. The maximum absolute atomic E-state index is 13.7. The van der Waals surface area contributed by atoms with E-state index >= 15 is 0 Å². The van der Waals surface area contributed by atoms with Gasteiger partial charge in [-0.3, -0.25) is 4.99 Å². The maximum atomic E-state index is 13.7. The standard InChI is InChI=1S/C21H36N2O3SSi2/c1-9-11-17-12-10-13-19(20(17)22-4)27(24,25)23-15-18(14-21(2,3)16-23)29(7,8)26-28(5)6/h9-13,18,28H,4,14-16H2,1-3,5-8H3/b11-9-. The second kappa shape index (κ2) is 8.97. The molecule has 1 aliphatic rings. The minimum absolute atomic E-state index is 0.106. The SMILES string of the molecule is C=Nc1c(/C=C\C)cccc1S(=O)(=O)N1CC([Si](C)(C)O[SiH](C)C)CC(C)(C)C1. The van der Waals surface area contributed by atoms with Gasteiger partial charge in [0.05, 0.1) is 5.69 Å². The molecule has 2 rings (SSSR count). The Balaban J connectivity index is 2.49. The molecule has 1 aromatic carbocycles. The van der Waals surface area contributed by atoms with Crippen LogP contribution in [-0.2, 0) is 14.1 Å². The van der Waals surface area contributed by atoms with Gasteiger partial charge >= 0.3 is 0 Å². The Bertz CT molecular complexity index is 880. The molecule has 1 aromatic rings. The molecule has 1 unspecified atom stereocenters. The molecule has 0 aliphatic carbocycles. The number of para-hydroxylation sites is 1. The number of sulfonamides is 1. The highest BCUT2D eigenvalue weighted by Gasteiger charge is 2.46. The van der Waals surface area contributed by atoms with Crippen molar-refractivity contribution in [3.63, 3.8) is 0 Å². The molecule has 5 nitrogen and oxygen atoms in total. The van der Waals surface area contributed by atoms with Crippen LogP contribution in [0.3, 0.4) is 0 Å². The molecule has 1 fully saturated rings. The van der Waals surface area contributed by atoms with Gasteiger partial charge < -0.3 is 4.12 Å². The lowest BCUT2D eigenvalue weighted by molar-refractivity contribution is 0.179. The number of hydrogen-bond donors (Lipinski definition) is 0. The molecular formula is C21H36N2O3SSi2. The summed E-state index contributed by atoms with van der Waals surface area (Å²) in [7, 11) is -6.90. The van der Waals surface area contributed by atoms with Crippen LogP contribution in [0.25, 0.3) is 6.08 Å². The molecule has 0 bridgehead atoms. The second-order valence-corrected chi connectivity index (χ2v) is 18.5. The quantitative estimate of drug-likeness (QED) is 0.430. The van der Waals surface area contributed by atoms with Crippen molar-refractivity contribution >= 4 is 45.9 Å². The normalized spacial score (nSPS) is 21.0. The number of benzene rings is 1. The van der Waals surface area contributed by atoms with Gasteiger partial charge in [0.2, 0.25) is 10.0 Å². The molecule has 0 N–H and O–H groups in total. The van der Waals surface area contributed by atoms with Gasteiger partial charge in [-0.2, -0.15) is 4.31 Å². The third kappa shape index (κ3) is 5.55. The topological polar surface area (TPSA) is 59.0 Å². The van der Waals surface area contributed by atoms with Gasteiger partial charge in [-0.25, -0.2) is 8.42 Å².